The molecule has 1 heterocycles. The first-order valence-corrected chi connectivity index (χ1v) is 10.1. The first kappa shape index (κ1) is 23.1. The van der Waals surface area contributed by atoms with E-state index in [1.54, 1.807) is 0 Å². The number of anilines is 1. The summed E-state index contributed by atoms with van der Waals surface area (Å²) in [5.74, 6) is -0.803. The van der Waals surface area contributed by atoms with Crippen molar-refractivity contribution in [3.63, 3.8) is 0 Å². The van der Waals surface area contributed by atoms with E-state index in [9.17, 15) is 14.7 Å². The van der Waals surface area contributed by atoms with Crippen LogP contribution in [-0.2, 0) is 20.7 Å². The fourth-order valence-corrected chi connectivity index (χ4v) is 3.31. The zero-order valence-corrected chi connectivity index (χ0v) is 17.0. The molecule has 0 atom stereocenters. The number of nitrogen functional groups attached to an aromatic ring is 1. The molecule has 0 amide bonds. The minimum absolute atomic E-state index is 0.0484. The van der Waals surface area contributed by atoms with Gasteiger partial charge in [0.25, 0.3) is 6.47 Å². The molecule has 1 saturated heterocycles. The zero-order chi connectivity index (χ0) is 20.9. The molecule has 4 N–H and O–H groups in total. The van der Waals surface area contributed by atoms with Crippen LogP contribution in [0.1, 0.15) is 5.56 Å². The van der Waals surface area contributed by atoms with Gasteiger partial charge in [-0.3, -0.25) is 19.4 Å². The molecule has 0 saturated carbocycles. The van der Waals surface area contributed by atoms with Crippen molar-refractivity contribution < 1.29 is 19.4 Å². The lowest BCUT2D eigenvalue weighted by Gasteiger charge is -2.30. The van der Waals surface area contributed by atoms with Gasteiger partial charge in [-0.05, 0) is 24.1 Å². The molecule has 0 aromatic heterocycles. The molecule has 0 spiro atoms. The highest BCUT2D eigenvalue weighted by Gasteiger charge is 2.15. The first-order chi connectivity index (χ1) is 14.1. The topological polar surface area (TPSA) is 111 Å². The number of nitrogens with two attached hydrogens (primary N) is 1. The summed E-state index contributed by atoms with van der Waals surface area (Å²) in [5, 5.41) is 12.5. The Morgan fingerprint density at radius 1 is 1.03 bits per heavy atom. The molecule has 9 heteroatoms. The second-order valence-electron chi connectivity index (χ2n) is 7.26. The van der Waals surface area contributed by atoms with Crippen LogP contribution in [0, 0.1) is 0 Å². The Morgan fingerprint density at radius 2 is 1.66 bits per heavy atom. The van der Waals surface area contributed by atoms with Crippen LogP contribution in [0.5, 0.6) is 0 Å². The van der Waals surface area contributed by atoms with E-state index in [-0.39, 0.29) is 13.3 Å². The monoisotopic (exact) mass is 407 g/mol. The third kappa shape index (κ3) is 9.71. The predicted molar refractivity (Wildman–Crippen MR) is 112 cm³/mol. The van der Waals surface area contributed by atoms with Crippen molar-refractivity contribution in [3.8, 4) is 0 Å². The zero-order valence-electron chi connectivity index (χ0n) is 17.0. The van der Waals surface area contributed by atoms with Crippen LogP contribution in [-0.4, -0.2) is 104 Å². The molecule has 0 unspecified atom stereocenters. The normalized spacial score (nSPS) is 18.5. The number of aliphatic carboxylic acids is 1. The summed E-state index contributed by atoms with van der Waals surface area (Å²) in [6.45, 7) is 7.67. The van der Waals surface area contributed by atoms with Crippen LogP contribution in [0.2, 0.25) is 0 Å². The number of carboxylic acid groups (broad SMARTS) is 1. The number of benzene rings is 1. The average Bonchev–Trinajstić information content (AvgIpc) is 2.69. The Labute approximate surface area is 172 Å². The Morgan fingerprint density at radius 3 is 2.31 bits per heavy atom. The lowest BCUT2D eigenvalue weighted by atomic mass is 10.1. The van der Waals surface area contributed by atoms with Gasteiger partial charge in [-0.2, -0.15) is 0 Å². The van der Waals surface area contributed by atoms with Crippen molar-refractivity contribution in [3.05, 3.63) is 29.8 Å². The van der Waals surface area contributed by atoms with Crippen LogP contribution >= 0.6 is 0 Å². The minimum atomic E-state index is -0.803. The molecule has 162 valence electrons. The summed E-state index contributed by atoms with van der Waals surface area (Å²) >= 11 is 0. The van der Waals surface area contributed by atoms with Crippen molar-refractivity contribution in [1.29, 1.82) is 0 Å². The number of hydrogen-bond acceptors (Lipinski definition) is 8. The minimum Gasteiger partial charge on any atom is -0.480 e. The van der Waals surface area contributed by atoms with Crippen molar-refractivity contribution in [1.82, 2.24) is 20.0 Å². The SMILES string of the molecule is Nc1ccc(CCN2CCN(COC=O)CCNCCN(CC(=O)O)CC2)cc1. The van der Waals surface area contributed by atoms with Crippen molar-refractivity contribution in [2.24, 2.45) is 0 Å². The first-order valence-electron chi connectivity index (χ1n) is 10.1. The smallest absolute Gasteiger partial charge is 0.317 e. The van der Waals surface area contributed by atoms with E-state index in [0.717, 1.165) is 57.9 Å². The molecule has 1 aliphatic heterocycles. The fourth-order valence-electron chi connectivity index (χ4n) is 3.31. The van der Waals surface area contributed by atoms with Crippen LogP contribution in [0.15, 0.2) is 24.3 Å². The molecule has 29 heavy (non-hydrogen) atoms. The van der Waals surface area contributed by atoms with Gasteiger partial charge in [0.15, 0.2) is 0 Å². The maximum Gasteiger partial charge on any atom is 0.317 e. The number of rotatable bonds is 8. The Kier molecular flexibility index (Phi) is 10.4. The number of hydrogen-bond donors (Lipinski definition) is 3. The number of ether oxygens (including phenoxy) is 1. The van der Waals surface area contributed by atoms with Gasteiger partial charge < -0.3 is 25.8 Å². The lowest BCUT2D eigenvalue weighted by Crippen LogP contribution is -2.46. The van der Waals surface area contributed by atoms with E-state index < -0.39 is 5.97 Å². The van der Waals surface area contributed by atoms with E-state index in [2.05, 4.69) is 15.1 Å². The molecule has 1 aliphatic rings. The summed E-state index contributed by atoms with van der Waals surface area (Å²) in [5.41, 5.74) is 7.74. The lowest BCUT2D eigenvalue weighted by molar-refractivity contribution is -0.138. The summed E-state index contributed by atoms with van der Waals surface area (Å²) in [6.07, 6.45) is 0.894. The van der Waals surface area contributed by atoms with Crippen molar-refractivity contribution >= 4 is 18.1 Å². The van der Waals surface area contributed by atoms with E-state index in [4.69, 9.17) is 10.5 Å². The predicted octanol–water partition coefficient (Wildman–Crippen LogP) is -0.464. The molecule has 0 aliphatic carbocycles. The highest BCUT2D eigenvalue weighted by molar-refractivity contribution is 5.69. The molecule has 0 radical (unpaired) electrons. The van der Waals surface area contributed by atoms with E-state index in [1.807, 2.05) is 29.2 Å². The molecule has 2 rings (SSSR count). The van der Waals surface area contributed by atoms with E-state index >= 15 is 0 Å². The summed E-state index contributed by atoms with van der Waals surface area (Å²) in [4.78, 5) is 28.1. The van der Waals surface area contributed by atoms with Crippen LogP contribution in [0.3, 0.4) is 0 Å². The molecule has 1 aromatic rings. The Balaban J connectivity index is 1.97. The number of nitrogens with one attached hydrogen (secondary N) is 1. The number of carbonyl (C=O) groups is 2. The van der Waals surface area contributed by atoms with Crippen molar-refractivity contribution in [2.75, 3.05) is 77.9 Å². The highest BCUT2D eigenvalue weighted by Crippen LogP contribution is 2.07. The maximum absolute atomic E-state index is 11.2. The van der Waals surface area contributed by atoms with Crippen LogP contribution in [0.4, 0.5) is 5.69 Å². The van der Waals surface area contributed by atoms with Gasteiger partial charge in [0.1, 0.15) is 6.73 Å². The van der Waals surface area contributed by atoms with Crippen molar-refractivity contribution in [2.45, 2.75) is 6.42 Å². The number of carbonyl (C=O) groups excluding carboxylic acids is 1. The molecule has 0 bridgehead atoms. The highest BCUT2D eigenvalue weighted by atomic mass is 16.5. The van der Waals surface area contributed by atoms with Gasteiger partial charge in [-0.15, -0.1) is 0 Å². The van der Waals surface area contributed by atoms with Gasteiger partial charge in [0, 0.05) is 64.6 Å². The van der Waals surface area contributed by atoms with Gasteiger partial charge in [0.2, 0.25) is 0 Å². The standard InChI is InChI=1S/C20H33N5O4/c21-19-3-1-18(2-4-19)5-8-23-11-13-24(15-20(27)28)9-6-22-7-10-25(14-12-23)16-29-17-26/h1-4,17,22H,5-16,21H2,(H,27,28). The fraction of sp³-hybridized carbons (Fsp3) is 0.600. The van der Waals surface area contributed by atoms with Gasteiger partial charge in [-0.25, -0.2) is 0 Å². The quantitative estimate of drug-likeness (QED) is 0.389. The van der Waals surface area contributed by atoms with Gasteiger partial charge in [-0.1, -0.05) is 12.1 Å². The largest absolute Gasteiger partial charge is 0.480 e. The molecule has 1 aromatic carbocycles. The second kappa shape index (κ2) is 13.1. The second-order valence-corrected chi connectivity index (χ2v) is 7.26. The number of nitrogens with zero attached hydrogens (tertiary/aromatic N) is 3. The summed E-state index contributed by atoms with van der Waals surface area (Å²) in [7, 11) is 0. The Hall–Kier alpha value is -2.20. The molecular formula is C20H33N5O4. The van der Waals surface area contributed by atoms with E-state index in [1.165, 1.54) is 5.56 Å². The summed E-state index contributed by atoms with van der Waals surface area (Å²) in [6, 6.07) is 7.90. The van der Waals surface area contributed by atoms with E-state index in [0.29, 0.717) is 19.6 Å². The van der Waals surface area contributed by atoms with Crippen LogP contribution in [0.25, 0.3) is 0 Å². The number of carboxylic acids is 1. The third-order valence-corrected chi connectivity index (χ3v) is 5.05. The van der Waals surface area contributed by atoms with Gasteiger partial charge in [0.05, 0.1) is 6.54 Å². The molecule has 9 nitrogen and oxygen atoms in total. The molecule has 1 fully saturated rings. The Bertz CT molecular complexity index is 613. The van der Waals surface area contributed by atoms with Gasteiger partial charge >= 0.3 is 5.97 Å². The third-order valence-electron chi connectivity index (χ3n) is 5.05. The van der Waals surface area contributed by atoms with Crippen LogP contribution < -0.4 is 11.1 Å². The maximum atomic E-state index is 11.2. The molecular weight excluding hydrogens is 374 g/mol. The summed E-state index contributed by atoms with van der Waals surface area (Å²) < 4.78 is 4.95. The average molecular weight is 408 g/mol.